The number of aliphatic hydroxyl groups excluding tert-OH is 1. The normalized spacial score (nSPS) is 13.9. The molecule has 0 spiro atoms. The summed E-state index contributed by atoms with van der Waals surface area (Å²) in [4.78, 5) is 18.4. The average molecular weight is 317 g/mol. The second-order valence-electron chi connectivity index (χ2n) is 5.30. The Hall–Kier alpha value is -1.92. The maximum absolute atomic E-state index is 12.1. The molecule has 0 unspecified atom stereocenters. The molecule has 1 aromatic carbocycles. The second kappa shape index (κ2) is 6.89. The third kappa shape index (κ3) is 3.64. The highest BCUT2D eigenvalue weighted by Crippen LogP contribution is 2.26. The zero-order chi connectivity index (χ0) is 15.4. The van der Waals surface area contributed by atoms with Crippen molar-refractivity contribution in [3.63, 3.8) is 0 Å². The highest BCUT2D eigenvalue weighted by atomic mass is 32.1. The number of urea groups is 1. The van der Waals surface area contributed by atoms with E-state index in [0.717, 1.165) is 29.1 Å². The van der Waals surface area contributed by atoms with Crippen molar-refractivity contribution in [3.8, 4) is 11.3 Å². The summed E-state index contributed by atoms with van der Waals surface area (Å²) in [5, 5.41) is 14.8. The average Bonchev–Trinajstić information content (AvgIpc) is 3.28. The Balaban J connectivity index is 1.57. The van der Waals surface area contributed by atoms with Crippen molar-refractivity contribution in [1.82, 2.24) is 15.2 Å². The van der Waals surface area contributed by atoms with Crippen molar-refractivity contribution >= 4 is 17.4 Å². The predicted molar refractivity (Wildman–Crippen MR) is 86.6 cm³/mol. The number of hydrogen-bond acceptors (Lipinski definition) is 4. The number of aromatic nitrogens is 1. The van der Waals surface area contributed by atoms with Gasteiger partial charge in [0, 0.05) is 23.5 Å². The first-order chi connectivity index (χ1) is 10.8. The van der Waals surface area contributed by atoms with Crippen LogP contribution in [0.25, 0.3) is 11.3 Å². The summed E-state index contributed by atoms with van der Waals surface area (Å²) in [5.74, 6) is 0. The minimum Gasteiger partial charge on any atom is -0.395 e. The van der Waals surface area contributed by atoms with Crippen molar-refractivity contribution in [3.05, 3.63) is 40.7 Å². The van der Waals surface area contributed by atoms with E-state index in [4.69, 9.17) is 5.11 Å². The molecule has 1 aliphatic rings. The SMILES string of the molecule is O=C(NCc1nc(-c2ccccc2)cs1)N(CCO)C1CC1. The number of thiazole rings is 1. The van der Waals surface area contributed by atoms with Crippen LogP contribution in [0.4, 0.5) is 4.79 Å². The fourth-order valence-electron chi connectivity index (χ4n) is 2.33. The molecule has 1 aliphatic carbocycles. The molecule has 22 heavy (non-hydrogen) atoms. The number of benzene rings is 1. The van der Waals surface area contributed by atoms with E-state index in [1.807, 2.05) is 35.7 Å². The van der Waals surface area contributed by atoms with Crippen LogP contribution in [0, 0.1) is 0 Å². The smallest absolute Gasteiger partial charge is 0.318 e. The van der Waals surface area contributed by atoms with Gasteiger partial charge in [0.05, 0.1) is 18.8 Å². The van der Waals surface area contributed by atoms with Gasteiger partial charge in [0.25, 0.3) is 0 Å². The zero-order valence-corrected chi connectivity index (χ0v) is 13.1. The van der Waals surface area contributed by atoms with Gasteiger partial charge >= 0.3 is 6.03 Å². The molecule has 0 saturated heterocycles. The van der Waals surface area contributed by atoms with Gasteiger partial charge in [-0.3, -0.25) is 0 Å². The number of nitrogens with zero attached hydrogens (tertiary/aromatic N) is 2. The van der Waals surface area contributed by atoms with Gasteiger partial charge in [0.15, 0.2) is 0 Å². The first kappa shape index (κ1) is 15.0. The minimum absolute atomic E-state index is 0.000667. The van der Waals surface area contributed by atoms with E-state index in [0.29, 0.717) is 19.1 Å². The van der Waals surface area contributed by atoms with Crippen molar-refractivity contribution in [1.29, 1.82) is 0 Å². The number of nitrogens with one attached hydrogen (secondary N) is 1. The molecule has 2 N–H and O–H groups in total. The number of aliphatic hydroxyl groups is 1. The van der Waals surface area contributed by atoms with Crippen molar-refractivity contribution < 1.29 is 9.90 Å². The molecule has 2 aromatic rings. The van der Waals surface area contributed by atoms with E-state index < -0.39 is 0 Å². The van der Waals surface area contributed by atoms with E-state index >= 15 is 0 Å². The highest BCUT2D eigenvalue weighted by molar-refractivity contribution is 7.09. The molecular formula is C16H19N3O2S. The molecule has 1 aromatic heterocycles. The topological polar surface area (TPSA) is 65.5 Å². The van der Waals surface area contributed by atoms with Crippen LogP contribution in [0.5, 0.6) is 0 Å². The van der Waals surface area contributed by atoms with E-state index in [1.54, 1.807) is 16.2 Å². The lowest BCUT2D eigenvalue weighted by molar-refractivity contribution is 0.173. The molecule has 2 amide bonds. The fraction of sp³-hybridized carbons (Fsp3) is 0.375. The van der Waals surface area contributed by atoms with Crippen LogP contribution in [0.15, 0.2) is 35.7 Å². The Labute approximate surface area is 133 Å². The van der Waals surface area contributed by atoms with Gasteiger partial charge in [-0.25, -0.2) is 9.78 Å². The van der Waals surface area contributed by atoms with Crippen molar-refractivity contribution in [2.24, 2.45) is 0 Å². The zero-order valence-electron chi connectivity index (χ0n) is 12.2. The number of hydrogen-bond donors (Lipinski definition) is 2. The van der Waals surface area contributed by atoms with Crippen LogP contribution in [0.3, 0.4) is 0 Å². The lowest BCUT2D eigenvalue weighted by Crippen LogP contribution is -2.42. The van der Waals surface area contributed by atoms with Crippen LogP contribution < -0.4 is 5.32 Å². The quantitative estimate of drug-likeness (QED) is 0.860. The van der Waals surface area contributed by atoms with E-state index in [2.05, 4.69) is 10.3 Å². The third-order valence-electron chi connectivity index (χ3n) is 3.60. The van der Waals surface area contributed by atoms with E-state index in [1.165, 1.54) is 0 Å². The minimum atomic E-state index is -0.118. The fourth-order valence-corrected chi connectivity index (χ4v) is 3.07. The summed E-state index contributed by atoms with van der Waals surface area (Å²) < 4.78 is 0. The Morgan fingerprint density at radius 2 is 2.14 bits per heavy atom. The molecule has 0 radical (unpaired) electrons. The molecule has 3 rings (SSSR count). The van der Waals surface area contributed by atoms with Gasteiger partial charge in [-0.2, -0.15) is 0 Å². The summed E-state index contributed by atoms with van der Waals surface area (Å²) in [6.45, 7) is 0.813. The first-order valence-corrected chi connectivity index (χ1v) is 8.31. The standard InChI is InChI=1S/C16H19N3O2S/c20-9-8-19(13-6-7-13)16(21)17-10-15-18-14(11-22-15)12-4-2-1-3-5-12/h1-5,11,13,20H,6-10H2,(H,17,21). The lowest BCUT2D eigenvalue weighted by atomic mass is 10.2. The van der Waals surface area contributed by atoms with Crippen molar-refractivity contribution in [2.45, 2.75) is 25.4 Å². The van der Waals surface area contributed by atoms with Crippen LogP contribution in [-0.4, -0.2) is 40.2 Å². The lowest BCUT2D eigenvalue weighted by Gasteiger charge is -2.21. The van der Waals surface area contributed by atoms with E-state index in [9.17, 15) is 4.79 Å². The third-order valence-corrected chi connectivity index (χ3v) is 4.45. The Morgan fingerprint density at radius 1 is 1.36 bits per heavy atom. The first-order valence-electron chi connectivity index (χ1n) is 7.43. The molecule has 116 valence electrons. The molecule has 0 aliphatic heterocycles. The van der Waals surface area contributed by atoms with Gasteiger partial charge in [-0.05, 0) is 12.8 Å². The Morgan fingerprint density at radius 3 is 2.82 bits per heavy atom. The Kier molecular flexibility index (Phi) is 4.70. The molecule has 0 bridgehead atoms. The monoisotopic (exact) mass is 317 g/mol. The van der Waals surface area contributed by atoms with Gasteiger partial charge < -0.3 is 15.3 Å². The van der Waals surface area contributed by atoms with E-state index in [-0.39, 0.29) is 12.6 Å². The predicted octanol–water partition coefficient (Wildman–Crippen LogP) is 2.48. The van der Waals surface area contributed by atoms with Crippen LogP contribution in [0.2, 0.25) is 0 Å². The second-order valence-corrected chi connectivity index (χ2v) is 6.24. The molecule has 0 atom stereocenters. The number of rotatable bonds is 6. The summed E-state index contributed by atoms with van der Waals surface area (Å²) in [5.41, 5.74) is 2.01. The van der Waals surface area contributed by atoms with Crippen LogP contribution in [-0.2, 0) is 6.54 Å². The molecule has 1 fully saturated rings. The maximum atomic E-state index is 12.1. The number of carbonyl (C=O) groups is 1. The van der Waals surface area contributed by atoms with Crippen LogP contribution in [0.1, 0.15) is 17.8 Å². The Bertz CT molecular complexity index is 625. The molecule has 1 saturated carbocycles. The number of amides is 2. The molecule has 1 heterocycles. The highest BCUT2D eigenvalue weighted by Gasteiger charge is 2.31. The van der Waals surface area contributed by atoms with Crippen molar-refractivity contribution in [2.75, 3.05) is 13.2 Å². The molecule has 5 nitrogen and oxygen atoms in total. The number of carbonyl (C=O) groups excluding carboxylic acids is 1. The van der Waals surface area contributed by atoms with Crippen LogP contribution >= 0.6 is 11.3 Å². The van der Waals surface area contributed by atoms with Gasteiger partial charge in [0.1, 0.15) is 5.01 Å². The van der Waals surface area contributed by atoms with Gasteiger partial charge in [0.2, 0.25) is 0 Å². The van der Waals surface area contributed by atoms with Gasteiger partial charge in [-0.15, -0.1) is 11.3 Å². The largest absolute Gasteiger partial charge is 0.395 e. The summed E-state index contributed by atoms with van der Waals surface area (Å²) in [6, 6.07) is 10.2. The summed E-state index contributed by atoms with van der Waals surface area (Å²) in [7, 11) is 0. The summed E-state index contributed by atoms with van der Waals surface area (Å²) >= 11 is 1.54. The maximum Gasteiger partial charge on any atom is 0.318 e. The van der Waals surface area contributed by atoms with Gasteiger partial charge in [-0.1, -0.05) is 30.3 Å². The molecular weight excluding hydrogens is 298 g/mol. The summed E-state index contributed by atoms with van der Waals surface area (Å²) in [6.07, 6.45) is 2.06. The molecule has 6 heteroatoms.